The number of anilines is 2. The number of aromatic nitrogens is 2. The lowest BCUT2D eigenvalue weighted by Gasteiger charge is -2.39. The quantitative estimate of drug-likeness (QED) is 0.878. The number of aryl methyl sites for hydroxylation is 1. The van der Waals surface area contributed by atoms with Gasteiger partial charge >= 0.3 is 0 Å². The van der Waals surface area contributed by atoms with E-state index in [0.717, 1.165) is 23.0 Å². The minimum absolute atomic E-state index is 0.538. The Labute approximate surface area is 115 Å². The third-order valence-electron chi connectivity index (χ3n) is 3.92. The molecule has 1 aromatic rings. The summed E-state index contributed by atoms with van der Waals surface area (Å²) in [5.41, 5.74) is 4.57. The molecule has 2 rings (SSSR count). The van der Waals surface area contributed by atoms with Crippen LogP contribution in [0.15, 0.2) is 0 Å². The van der Waals surface area contributed by atoms with Gasteiger partial charge in [-0.2, -0.15) is 0 Å². The zero-order chi connectivity index (χ0) is 14.0. The van der Waals surface area contributed by atoms with Crippen molar-refractivity contribution >= 4 is 11.6 Å². The fraction of sp³-hybridized carbons (Fsp3) is 0.714. The maximum Gasteiger partial charge on any atom is 0.149 e. The average molecular weight is 263 g/mol. The van der Waals surface area contributed by atoms with Crippen molar-refractivity contribution in [1.29, 1.82) is 0 Å². The van der Waals surface area contributed by atoms with Gasteiger partial charge in [0.15, 0.2) is 0 Å². The normalized spacial score (nSPS) is 24.3. The summed E-state index contributed by atoms with van der Waals surface area (Å²) in [4.78, 5) is 8.94. The van der Waals surface area contributed by atoms with E-state index in [1.54, 1.807) is 0 Å². The van der Waals surface area contributed by atoms with Crippen molar-refractivity contribution in [1.82, 2.24) is 15.0 Å². The second-order valence-electron chi connectivity index (χ2n) is 5.49. The topological polar surface area (TPSA) is 53.1 Å². The predicted molar refractivity (Wildman–Crippen MR) is 79.3 cm³/mol. The van der Waals surface area contributed by atoms with Gasteiger partial charge in [-0.1, -0.05) is 6.42 Å². The number of nitrogens with one attached hydrogen (secondary N) is 2. The van der Waals surface area contributed by atoms with Crippen LogP contribution >= 0.6 is 0 Å². The lowest BCUT2D eigenvalue weighted by molar-refractivity contribution is 0.135. The van der Waals surface area contributed by atoms with Gasteiger partial charge in [-0.25, -0.2) is 15.0 Å². The summed E-state index contributed by atoms with van der Waals surface area (Å²) in [6.45, 7) is 8.51. The zero-order valence-electron chi connectivity index (χ0n) is 12.6. The predicted octanol–water partition coefficient (Wildman–Crippen LogP) is 2.72. The van der Waals surface area contributed by atoms with Gasteiger partial charge in [0.1, 0.15) is 17.5 Å². The first-order chi connectivity index (χ1) is 9.02. The second-order valence-corrected chi connectivity index (χ2v) is 5.49. The molecule has 0 spiro atoms. The van der Waals surface area contributed by atoms with E-state index in [2.05, 4.69) is 39.6 Å². The molecule has 0 aromatic carbocycles. The van der Waals surface area contributed by atoms with E-state index in [-0.39, 0.29) is 0 Å². The van der Waals surface area contributed by atoms with Crippen LogP contribution in [0.25, 0.3) is 0 Å². The molecular formula is C14H25N5. The molecule has 1 saturated heterocycles. The first kappa shape index (κ1) is 14.1. The molecule has 1 fully saturated rings. The molecule has 0 aliphatic carbocycles. The Balaban J connectivity index is 2.24. The van der Waals surface area contributed by atoms with Crippen molar-refractivity contribution in [3.8, 4) is 0 Å². The summed E-state index contributed by atoms with van der Waals surface area (Å²) in [6.07, 6.45) is 3.78. The highest BCUT2D eigenvalue weighted by Gasteiger charge is 2.25. The van der Waals surface area contributed by atoms with E-state index in [1.807, 2.05) is 20.9 Å². The molecule has 2 atom stereocenters. The van der Waals surface area contributed by atoms with E-state index >= 15 is 0 Å². The molecule has 2 unspecified atom stereocenters. The summed E-state index contributed by atoms with van der Waals surface area (Å²) in [5, 5.41) is 5.46. The van der Waals surface area contributed by atoms with Crippen LogP contribution in [-0.2, 0) is 0 Å². The molecule has 5 heteroatoms. The molecule has 1 aromatic heterocycles. The number of piperidine rings is 1. The maximum absolute atomic E-state index is 4.54. The second kappa shape index (κ2) is 5.74. The van der Waals surface area contributed by atoms with Crippen molar-refractivity contribution in [2.45, 2.75) is 59.0 Å². The van der Waals surface area contributed by atoms with E-state index < -0.39 is 0 Å². The summed E-state index contributed by atoms with van der Waals surface area (Å²) in [6, 6.07) is 1.08. The van der Waals surface area contributed by atoms with Gasteiger partial charge in [-0.05, 0) is 40.5 Å². The highest BCUT2D eigenvalue weighted by atomic mass is 15.5. The fourth-order valence-electron chi connectivity index (χ4n) is 2.74. The Bertz CT molecular complexity index is 436. The highest BCUT2D eigenvalue weighted by molar-refractivity contribution is 5.56. The lowest BCUT2D eigenvalue weighted by atomic mass is 10.00. The van der Waals surface area contributed by atoms with Gasteiger partial charge in [-0.15, -0.1) is 0 Å². The number of hydrogen-bond acceptors (Lipinski definition) is 5. The fourth-order valence-corrected chi connectivity index (χ4v) is 2.74. The minimum Gasteiger partial charge on any atom is -0.373 e. The van der Waals surface area contributed by atoms with Crippen molar-refractivity contribution in [2.24, 2.45) is 0 Å². The molecule has 2 N–H and O–H groups in total. The summed E-state index contributed by atoms with van der Waals surface area (Å²) in [7, 11) is 1.89. The van der Waals surface area contributed by atoms with Crippen molar-refractivity contribution in [3.05, 3.63) is 11.4 Å². The SMILES string of the molecule is CNc1nc(C)nc(NN2C(C)CCCC2C)c1C. The monoisotopic (exact) mass is 263 g/mol. The van der Waals surface area contributed by atoms with Crippen LogP contribution in [0.1, 0.15) is 44.5 Å². The van der Waals surface area contributed by atoms with Crippen LogP contribution in [0.2, 0.25) is 0 Å². The summed E-state index contributed by atoms with van der Waals surface area (Å²) >= 11 is 0. The van der Waals surface area contributed by atoms with Crippen molar-refractivity contribution in [3.63, 3.8) is 0 Å². The van der Waals surface area contributed by atoms with E-state index in [1.165, 1.54) is 19.3 Å². The standard InChI is InChI=1S/C14H25N5/c1-9-7-6-8-10(2)19(9)18-14-11(3)13(15-5)16-12(4)17-14/h9-10H,6-8H2,1-5H3,(H2,15,16,17,18). The Morgan fingerprint density at radius 1 is 1.05 bits per heavy atom. The third kappa shape index (κ3) is 2.97. The van der Waals surface area contributed by atoms with Gasteiger partial charge in [0, 0.05) is 24.7 Å². The Hall–Kier alpha value is -1.36. The molecule has 19 heavy (non-hydrogen) atoms. The minimum atomic E-state index is 0.538. The highest BCUT2D eigenvalue weighted by Crippen LogP contribution is 2.26. The third-order valence-corrected chi connectivity index (χ3v) is 3.92. The van der Waals surface area contributed by atoms with Crippen LogP contribution in [0.5, 0.6) is 0 Å². The van der Waals surface area contributed by atoms with Gasteiger partial charge in [0.05, 0.1) is 0 Å². The van der Waals surface area contributed by atoms with Crippen LogP contribution < -0.4 is 10.7 Å². The van der Waals surface area contributed by atoms with Crippen molar-refractivity contribution < 1.29 is 0 Å². The van der Waals surface area contributed by atoms with Gasteiger partial charge in [0.25, 0.3) is 0 Å². The van der Waals surface area contributed by atoms with Gasteiger partial charge in [0.2, 0.25) is 0 Å². The molecular weight excluding hydrogens is 238 g/mol. The van der Waals surface area contributed by atoms with E-state index in [0.29, 0.717) is 12.1 Å². The summed E-state index contributed by atoms with van der Waals surface area (Å²) < 4.78 is 0. The first-order valence-electron chi connectivity index (χ1n) is 7.11. The zero-order valence-corrected chi connectivity index (χ0v) is 12.6. The molecule has 106 valence electrons. The molecule has 2 heterocycles. The smallest absolute Gasteiger partial charge is 0.149 e. The largest absolute Gasteiger partial charge is 0.373 e. The Morgan fingerprint density at radius 2 is 1.63 bits per heavy atom. The number of hydrazine groups is 1. The average Bonchev–Trinajstić information content (AvgIpc) is 2.37. The molecule has 5 nitrogen and oxygen atoms in total. The van der Waals surface area contributed by atoms with Gasteiger partial charge < -0.3 is 10.7 Å². The molecule has 1 aliphatic heterocycles. The maximum atomic E-state index is 4.54. The van der Waals surface area contributed by atoms with E-state index in [4.69, 9.17) is 0 Å². The molecule has 0 radical (unpaired) electrons. The van der Waals surface area contributed by atoms with Crippen LogP contribution in [0.4, 0.5) is 11.6 Å². The number of nitrogens with zero attached hydrogens (tertiary/aromatic N) is 3. The van der Waals surface area contributed by atoms with Crippen LogP contribution in [0, 0.1) is 13.8 Å². The number of rotatable bonds is 3. The van der Waals surface area contributed by atoms with Crippen LogP contribution in [0.3, 0.4) is 0 Å². The molecule has 0 saturated carbocycles. The lowest BCUT2D eigenvalue weighted by Crippen LogP contribution is -2.47. The van der Waals surface area contributed by atoms with Crippen LogP contribution in [-0.4, -0.2) is 34.1 Å². The van der Waals surface area contributed by atoms with E-state index in [9.17, 15) is 0 Å². The Morgan fingerprint density at radius 3 is 2.21 bits per heavy atom. The number of hydrogen-bond donors (Lipinski definition) is 2. The van der Waals surface area contributed by atoms with Crippen molar-refractivity contribution in [2.75, 3.05) is 17.8 Å². The first-order valence-corrected chi connectivity index (χ1v) is 7.11. The molecule has 0 bridgehead atoms. The Kier molecular flexibility index (Phi) is 4.24. The summed E-state index contributed by atoms with van der Waals surface area (Å²) in [5.74, 6) is 2.60. The molecule has 1 aliphatic rings. The molecule has 0 amide bonds. The van der Waals surface area contributed by atoms with Gasteiger partial charge in [-0.3, -0.25) is 0 Å².